The van der Waals surface area contributed by atoms with Crippen molar-refractivity contribution in [2.24, 2.45) is 23.7 Å². The summed E-state index contributed by atoms with van der Waals surface area (Å²) < 4.78 is 0. The lowest BCUT2D eigenvalue weighted by Gasteiger charge is -2.39. The summed E-state index contributed by atoms with van der Waals surface area (Å²) in [7, 11) is 4.43. The number of hydrogen-bond acceptors (Lipinski definition) is 2. The predicted octanol–water partition coefficient (Wildman–Crippen LogP) is 4.40. The van der Waals surface area contributed by atoms with Gasteiger partial charge in [0.05, 0.1) is 0 Å². The minimum Gasteiger partial charge on any atom is -0.312 e. The molecule has 0 aromatic heterocycles. The summed E-state index contributed by atoms with van der Waals surface area (Å²) in [5.74, 6) is 3.54. The fraction of sp³-hybridized carbons (Fsp3) is 1.00. The van der Waals surface area contributed by atoms with Gasteiger partial charge in [0.25, 0.3) is 0 Å². The van der Waals surface area contributed by atoms with Crippen molar-refractivity contribution in [1.82, 2.24) is 10.2 Å². The maximum absolute atomic E-state index is 3.91. The molecule has 0 amide bonds. The van der Waals surface area contributed by atoms with Crippen LogP contribution in [0.5, 0.6) is 0 Å². The zero-order valence-electron chi connectivity index (χ0n) is 15.7. The monoisotopic (exact) mass is 296 g/mol. The van der Waals surface area contributed by atoms with E-state index in [1.54, 1.807) is 0 Å². The first-order valence-corrected chi connectivity index (χ1v) is 9.24. The molecule has 0 aromatic rings. The first-order valence-electron chi connectivity index (χ1n) is 9.24. The van der Waals surface area contributed by atoms with Crippen LogP contribution in [0.3, 0.4) is 0 Å². The summed E-state index contributed by atoms with van der Waals surface area (Å²) in [6.07, 6.45) is 6.92. The Kier molecular flexibility index (Phi) is 8.26. The molecule has 2 nitrogen and oxygen atoms in total. The Labute approximate surface area is 134 Å². The van der Waals surface area contributed by atoms with Gasteiger partial charge in [0.1, 0.15) is 0 Å². The lowest BCUT2D eigenvalue weighted by atomic mass is 9.72. The summed E-state index contributed by atoms with van der Waals surface area (Å²) in [5, 5.41) is 3.91. The quantitative estimate of drug-likeness (QED) is 0.642. The predicted molar refractivity (Wildman–Crippen MR) is 94.7 cm³/mol. The third kappa shape index (κ3) is 6.28. The normalized spacial score (nSPS) is 28.0. The van der Waals surface area contributed by atoms with Crippen molar-refractivity contribution in [2.45, 2.75) is 78.8 Å². The second-order valence-corrected chi connectivity index (χ2v) is 8.14. The molecule has 0 spiro atoms. The highest BCUT2D eigenvalue weighted by molar-refractivity contribution is 4.86. The van der Waals surface area contributed by atoms with E-state index in [0.29, 0.717) is 12.1 Å². The molecule has 0 radical (unpaired) electrons. The summed E-state index contributed by atoms with van der Waals surface area (Å²) in [6.45, 7) is 13.1. The van der Waals surface area contributed by atoms with Gasteiger partial charge in [0.15, 0.2) is 0 Å². The summed E-state index contributed by atoms with van der Waals surface area (Å²) in [6, 6.07) is 1.27. The van der Waals surface area contributed by atoms with Crippen LogP contribution in [-0.4, -0.2) is 37.6 Å². The largest absolute Gasteiger partial charge is 0.312 e. The van der Waals surface area contributed by atoms with Gasteiger partial charge in [0, 0.05) is 12.1 Å². The minimum atomic E-state index is 0.620. The van der Waals surface area contributed by atoms with Crippen molar-refractivity contribution in [3.63, 3.8) is 0 Å². The van der Waals surface area contributed by atoms with Crippen LogP contribution in [0.15, 0.2) is 0 Å². The minimum absolute atomic E-state index is 0.620. The molecule has 1 aliphatic carbocycles. The molecule has 4 unspecified atom stereocenters. The molecule has 4 atom stereocenters. The van der Waals surface area contributed by atoms with Crippen LogP contribution in [-0.2, 0) is 0 Å². The molecule has 1 aliphatic rings. The molecule has 0 heterocycles. The fourth-order valence-electron chi connectivity index (χ4n) is 3.71. The standard InChI is InChI=1S/C19H40N2/c1-8-9-15(3)16(4)13-20-19(17(5)21(6)7)12-18-10-14(2)11-18/h14-20H,8-13H2,1-7H3. The number of rotatable bonds is 10. The van der Waals surface area contributed by atoms with Gasteiger partial charge in [-0.15, -0.1) is 0 Å². The third-order valence-electron chi connectivity index (χ3n) is 5.87. The molecule has 1 N–H and O–H groups in total. The van der Waals surface area contributed by atoms with Crippen LogP contribution < -0.4 is 5.32 Å². The van der Waals surface area contributed by atoms with Crippen LogP contribution in [0, 0.1) is 23.7 Å². The van der Waals surface area contributed by atoms with Crippen molar-refractivity contribution in [3.05, 3.63) is 0 Å². The summed E-state index contributed by atoms with van der Waals surface area (Å²) >= 11 is 0. The van der Waals surface area contributed by atoms with Crippen molar-refractivity contribution in [2.75, 3.05) is 20.6 Å². The molecule has 0 bridgehead atoms. The molecule has 0 saturated heterocycles. The summed E-state index contributed by atoms with van der Waals surface area (Å²) in [4.78, 5) is 2.37. The lowest BCUT2D eigenvalue weighted by molar-refractivity contribution is 0.143. The molecule has 0 aliphatic heterocycles. The first kappa shape index (κ1) is 19.0. The van der Waals surface area contributed by atoms with Crippen molar-refractivity contribution in [1.29, 1.82) is 0 Å². The van der Waals surface area contributed by atoms with Crippen LogP contribution in [0.2, 0.25) is 0 Å². The Hall–Kier alpha value is -0.0800. The molecular formula is C19H40N2. The van der Waals surface area contributed by atoms with Crippen molar-refractivity contribution < 1.29 is 0 Å². The van der Waals surface area contributed by atoms with E-state index in [-0.39, 0.29) is 0 Å². The maximum atomic E-state index is 3.91. The average Bonchev–Trinajstić information content (AvgIpc) is 2.39. The number of likely N-dealkylation sites (N-methyl/N-ethyl adjacent to an activating group) is 1. The average molecular weight is 297 g/mol. The Morgan fingerprint density at radius 1 is 1.10 bits per heavy atom. The van der Waals surface area contributed by atoms with Gasteiger partial charge < -0.3 is 10.2 Å². The van der Waals surface area contributed by atoms with E-state index < -0.39 is 0 Å². The summed E-state index contributed by atoms with van der Waals surface area (Å²) in [5.41, 5.74) is 0. The Bertz CT molecular complexity index is 271. The molecular weight excluding hydrogens is 256 g/mol. The zero-order valence-corrected chi connectivity index (χ0v) is 15.7. The first-order chi connectivity index (χ1) is 9.85. The maximum Gasteiger partial charge on any atom is 0.0223 e. The Balaban J connectivity index is 2.44. The molecule has 0 aromatic carbocycles. The van der Waals surface area contributed by atoms with Gasteiger partial charge in [-0.25, -0.2) is 0 Å². The third-order valence-corrected chi connectivity index (χ3v) is 5.87. The van der Waals surface area contributed by atoms with Crippen LogP contribution in [0.4, 0.5) is 0 Å². The smallest absolute Gasteiger partial charge is 0.0223 e. The highest BCUT2D eigenvalue weighted by Gasteiger charge is 2.30. The highest BCUT2D eigenvalue weighted by atomic mass is 15.1. The number of nitrogens with zero attached hydrogens (tertiary/aromatic N) is 1. The van der Waals surface area contributed by atoms with Crippen LogP contribution >= 0.6 is 0 Å². The van der Waals surface area contributed by atoms with Crippen molar-refractivity contribution in [3.8, 4) is 0 Å². The molecule has 21 heavy (non-hydrogen) atoms. The van der Waals surface area contributed by atoms with Gasteiger partial charge in [-0.3, -0.25) is 0 Å². The van der Waals surface area contributed by atoms with E-state index in [1.165, 1.54) is 38.6 Å². The van der Waals surface area contributed by atoms with Gasteiger partial charge in [-0.1, -0.05) is 40.5 Å². The lowest BCUT2D eigenvalue weighted by Crippen LogP contribution is -2.49. The Morgan fingerprint density at radius 3 is 2.19 bits per heavy atom. The van der Waals surface area contributed by atoms with Gasteiger partial charge in [0.2, 0.25) is 0 Å². The van der Waals surface area contributed by atoms with E-state index in [4.69, 9.17) is 0 Å². The fourth-order valence-corrected chi connectivity index (χ4v) is 3.71. The number of nitrogens with one attached hydrogen (secondary N) is 1. The van der Waals surface area contributed by atoms with Gasteiger partial charge in [-0.05, 0) is 70.5 Å². The molecule has 126 valence electrons. The van der Waals surface area contributed by atoms with E-state index in [1.807, 2.05) is 0 Å². The molecule has 1 fully saturated rings. The second kappa shape index (κ2) is 9.15. The van der Waals surface area contributed by atoms with E-state index in [0.717, 1.165) is 23.7 Å². The highest BCUT2D eigenvalue weighted by Crippen LogP contribution is 2.36. The molecule has 1 rings (SSSR count). The SMILES string of the molecule is CCCC(C)C(C)CNC(CC1CC(C)C1)C(C)N(C)C. The van der Waals surface area contributed by atoms with Gasteiger partial charge >= 0.3 is 0 Å². The van der Waals surface area contributed by atoms with E-state index in [9.17, 15) is 0 Å². The van der Waals surface area contributed by atoms with Crippen molar-refractivity contribution >= 4 is 0 Å². The molecule has 2 heteroatoms. The molecule has 1 saturated carbocycles. The Morgan fingerprint density at radius 2 is 1.71 bits per heavy atom. The van der Waals surface area contributed by atoms with E-state index in [2.05, 4.69) is 58.9 Å². The zero-order chi connectivity index (χ0) is 16.0. The second-order valence-electron chi connectivity index (χ2n) is 8.14. The number of hydrogen-bond donors (Lipinski definition) is 1. The van der Waals surface area contributed by atoms with Crippen LogP contribution in [0.1, 0.15) is 66.7 Å². The topological polar surface area (TPSA) is 15.3 Å². The van der Waals surface area contributed by atoms with Crippen LogP contribution in [0.25, 0.3) is 0 Å². The van der Waals surface area contributed by atoms with Gasteiger partial charge in [-0.2, -0.15) is 0 Å². The van der Waals surface area contributed by atoms with E-state index >= 15 is 0 Å².